The number of nitrogens with two attached hydrogens (primary N) is 1. The molecule has 1 aromatic carbocycles. The molecule has 0 aliphatic heterocycles. The molecule has 0 saturated carbocycles. The summed E-state index contributed by atoms with van der Waals surface area (Å²) < 4.78 is 37.7. The molecule has 2 N–H and O–H groups in total. The lowest BCUT2D eigenvalue weighted by Crippen LogP contribution is -2.12. The van der Waals surface area contributed by atoms with Crippen molar-refractivity contribution in [1.29, 1.82) is 0 Å². The topological polar surface area (TPSA) is 94.9 Å². The Balaban J connectivity index is 2.27. The van der Waals surface area contributed by atoms with Gasteiger partial charge in [0.15, 0.2) is 0 Å². The molecule has 0 unspecified atom stereocenters. The summed E-state index contributed by atoms with van der Waals surface area (Å²) in [7, 11) is 0. The van der Waals surface area contributed by atoms with Gasteiger partial charge in [-0.1, -0.05) is 11.8 Å². The zero-order chi connectivity index (χ0) is 15.6. The number of nitrogens with zero attached hydrogens (tertiary/aromatic N) is 3. The van der Waals surface area contributed by atoms with Crippen LogP contribution >= 0.6 is 11.8 Å². The van der Waals surface area contributed by atoms with Crippen LogP contribution in [0.2, 0.25) is 0 Å². The fraction of sp³-hybridized carbons (Fsp3) is 0.0909. The van der Waals surface area contributed by atoms with E-state index in [9.17, 15) is 23.3 Å². The molecule has 2 aromatic rings. The van der Waals surface area contributed by atoms with Crippen LogP contribution in [0.1, 0.15) is 5.82 Å². The van der Waals surface area contributed by atoms with E-state index in [1.165, 1.54) is 30.3 Å². The molecule has 21 heavy (non-hydrogen) atoms. The van der Waals surface area contributed by atoms with Crippen LogP contribution in [-0.2, 0) is 6.18 Å². The molecule has 1 aromatic heterocycles. The molecule has 0 amide bonds. The van der Waals surface area contributed by atoms with E-state index in [4.69, 9.17) is 5.73 Å². The van der Waals surface area contributed by atoms with Crippen molar-refractivity contribution in [2.45, 2.75) is 16.1 Å². The summed E-state index contributed by atoms with van der Waals surface area (Å²) in [6.07, 6.45) is -4.69. The molecule has 2 rings (SSSR count). The molecule has 110 valence electrons. The zero-order valence-electron chi connectivity index (χ0n) is 10.2. The van der Waals surface area contributed by atoms with Gasteiger partial charge in [-0.25, -0.2) is 9.97 Å². The average Bonchev–Trinajstić information content (AvgIpc) is 2.37. The first kappa shape index (κ1) is 15.0. The number of aromatic nitrogens is 2. The molecule has 0 fully saturated rings. The van der Waals surface area contributed by atoms with Gasteiger partial charge < -0.3 is 5.73 Å². The second-order valence-electron chi connectivity index (χ2n) is 3.81. The maximum atomic E-state index is 12.6. The van der Waals surface area contributed by atoms with Gasteiger partial charge in [-0.2, -0.15) is 13.2 Å². The summed E-state index contributed by atoms with van der Waals surface area (Å²) >= 11 is 0.899. The smallest absolute Gasteiger partial charge is 0.384 e. The number of alkyl halides is 3. The molecule has 6 nitrogen and oxygen atoms in total. The Morgan fingerprint density at radius 1 is 1.19 bits per heavy atom. The highest BCUT2D eigenvalue weighted by atomic mass is 32.2. The van der Waals surface area contributed by atoms with Crippen molar-refractivity contribution in [3.63, 3.8) is 0 Å². The number of benzene rings is 1. The monoisotopic (exact) mass is 316 g/mol. The minimum absolute atomic E-state index is 0.00341. The van der Waals surface area contributed by atoms with E-state index in [1.807, 2.05) is 0 Å². The molecule has 0 radical (unpaired) electrons. The van der Waals surface area contributed by atoms with Gasteiger partial charge in [-0.05, 0) is 12.1 Å². The lowest BCUT2D eigenvalue weighted by molar-refractivity contribution is -0.384. The van der Waals surface area contributed by atoms with E-state index in [0.717, 1.165) is 11.8 Å². The van der Waals surface area contributed by atoms with Gasteiger partial charge in [0.25, 0.3) is 5.69 Å². The van der Waals surface area contributed by atoms with Gasteiger partial charge >= 0.3 is 6.18 Å². The fourth-order valence-corrected chi connectivity index (χ4v) is 2.20. The third-order valence-electron chi connectivity index (χ3n) is 2.25. The highest BCUT2D eigenvalue weighted by molar-refractivity contribution is 7.99. The summed E-state index contributed by atoms with van der Waals surface area (Å²) in [5, 5.41) is 10.5. The van der Waals surface area contributed by atoms with Gasteiger partial charge in [0.1, 0.15) is 10.8 Å². The number of rotatable bonds is 3. The molecule has 0 aliphatic rings. The largest absolute Gasteiger partial charge is 0.451 e. The first-order chi connectivity index (χ1) is 9.75. The van der Waals surface area contributed by atoms with Crippen LogP contribution in [0, 0.1) is 10.1 Å². The summed E-state index contributed by atoms with van der Waals surface area (Å²) in [4.78, 5) is 16.9. The number of non-ortho nitro benzene ring substituents is 1. The number of nitrogen functional groups attached to an aromatic ring is 1. The fourth-order valence-electron chi connectivity index (χ4n) is 1.38. The number of anilines is 1. The van der Waals surface area contributed by atoms with Gasteiger partial charge in [-0.15, -0.1) is 0 Å². The molecule has 0 saturated heterocycles. The molecule has 10 heteroatoms. The van der Waals surface area contributed by atoms with E-state index in [1.54, 1.807) is 0 Å². The Morgan fingerprint density at radius 2 is 1.81 bits per heavy atom. The minimum Gasteiger partial charge on any atom is -0.384 e. The lowest BCUT2D eigenvalue weighted by atomic mass is 10.3. The van der Waals surface area contributed by atoms with E-state index in [0.29, 0.717) is 4.90 Å². The van der Waals surface area contributed by atoms with Crippen LogP contribution in [0.5, 0.6) is 0 Å². The van der Waals surface area contributed by atoms with Crippen molar-refractivity contribution >= 4 is 23.3 Å². The highest BCUT2D eigenvalue weighted by Crippen LogP contribution is 2.32. The van der Waals surface area contributed by atoms with Crippen molar-refractivity contribution < 1.29 is 18.1 Å². The van der Waals surface area contributed by atoms with Crippen LogP contribution in [0.25, 0.3) is 0 Å². The van der Waals surface area contributed by atoms with Gasteiger partial charge in [-0.3, -0.25) is 10.1 Å². The number of nitro groups is 1. The number of nitro benzene ring substituents is 1. The molecule has 0 aliphatic carbocycles. The Kier molecular flexibility index (Phi) is 3.98. The van der Waals surface area contributed by atoms with Crippen LogP contribution < -0.4 is 5.73 Å². The molecule has 1 heterocycles. The Bertz CT molecular complexity index is 676. The normalized spacial score (nSPS) is 11.4. The lowest BCUT2D eigenvalue weighted by Gasteiger charge is -2.08. The van der Waals surface area contributed by atoms with E-state index in [-0.39, 0.29) is 16.5 Å². The van der Waals surface area contributed by atoms with Gasteiger partial charge in [0, 0.05) is 23.1 Å². The second kappa shape index (κ2) is 5.56. The SMILES string of the molecule is Nc1cc(Sc2ccc([N+](=O)[O-])cc2)nc(C(F)(F)F)n1. The van der Waals surface area contributed by atoms with Crippen molar-refractivity contribution in [1.82, 2.24) is 9.97 Å². The van der Waals surface area contributed by atoms with Crippen molar-refractivity contribution in [3.8, 4) is 0 Å². The predicted octanol–water partition coefficient (Wildman–Crippen LogP) is 3.14. The first-order valence-corrected chi connectivity index (χ1v) is 6.21. The maximum absolute atomic E-state index is 12.6. The van der Waals surface area contributed by atoms with E-state index < -0.39 is 16.9 Å². The van der Waals surface area contributed by atoms with Crippen molar-refractivity contribution in [3.05, 3.63) is 46.3 Å². The first-order valence-electron chi connectivity index (χ1n) is 5.40. The molecule has 0 atom stereocenters. The quantitative estimate of drug-likeness (QED) is 0.531. The summed E-state index contributed by atoms with van der Waals surface area (Å²) in [6, 6.07) is 6.51. The predicted molar refractivity (Wildman–Crippen MR) is 68.7 cm³/mol. The average molecular weight is 316 g/mol. The Morgan fingerprint density at radius 3 is 2.33 bits per heavy atom. The molecule has 0 spiro atoms. The van der Waals surface area contributed by atoms with Crippen molar-refractivity contribution in [2.24, 2.45) is 0 Å². The van der Waals surface area contributed by atoms with Crippen LogP contribution in [0.15, 0.2) is 40.3 Å². The Labute approximate surface area is 120 Å². The highest BCUT2D eigenvalue weighted by Gasteiger charge is 2.35. The van der Waals surface area contributed by atoms with E-state index >= 15 is 0 Å². The standard InChI is InChI=1S/C11H7F3N4O2S/c12-11(13,14)10-16-8(15)5-9(17-10)21-7-3-1-6(2-4-7)18(19)20/h1-5H,(H2,15,16,17). The number of hydrogen-bond acceptors (Lipinski definition) is 6. The van der Waals surface area contributed by atoms with Crippen LogP contribution in [0.3, 0.4) is 0 Å². The van der Waals surface area contributed by atoms with Gasteiger partial charge in [0.2, 0.25) is 5.82 Å². The summed E-state index contributed by atoms with van der Waals surface area (Å²) in [5.74, 6) is -1.63. The van der Waals surface area contributed by atoms with Gasteiger partial charge in [0.05, 0.1) is 4.92 Å². The maximum Gasteiger partial charge on any atom is 0.451 e. The van der Waals surface area contributed by atoms with Crippen molar-refractivity contribution in [2.75, 3.05) is 5.73 Å². The number of halogens is 3. The molecule has 0 bridgehead atoms. The molecular weight excluding hydrogens is 309 g/mol. The second-order valence-corrected chi connectivity index (χ2v) is 4.90. The third kappa shape index (κ3) is 3.81. The van der Waals surface area contributed by atoms with E-state index in [2.05, 4.69) is 9.97 Å². The Hall–Kier alpha value is -2.36. The zero-order valence-corrected chi connectivity index (χ0v) is 11.0. The van der Waals surface area contributed by atoms with Crippen LogP contribution in [-0.4, -0.2) is 14.9 Å². The number of hydrogen-bond donors (Lipinski definition) is 1. The third-order valence-corrected chi connectivity index (χ3v) is 3.17. The summed E-state index contributed by atoms with van der Waals surface area (Å²) in [6.45, 7) is 0. The summed E-state index contributed by atoms with van der Waals surface area (Å²) in [5.41, 5.74) is 5.21. The molecular formula is C11H7F3N4O2S. The van der Waals surface area contributed by atoms with Crippen LogP contribution in [0.4, 0.5) is 24.7 Å². The minimum atomic E-state index is -4.69.